The lowest BCUT2D eigenvalue weighted by molar-refractivity contribution is -0.123. The van der Waals surface area contributed by atoms with Crippen molar-refractivity contribution in [2.75, 3.05) is 11.4 Å². The summed E-state index contributed by atoms with van der Waals surface area (Å²) in [5.74, 6) is -0.460. The number of nitrogens with one attached hydrogen (secondary N) is 1. The topological polar surface area (TPSA) is 66.5 Å². The number of fused-ring (bicyclic) bond motifs is 5. The molecule has 2 fully saturated rings. The smallest absolute Gasteiger partial charge is 0.251 e. The van der Waals surface area contributed by atoms with E-state index >= 15 is 0 Å². The van der Waals surface area contributed by atoms with Crippen LogP contribution >= 0.6 is 0 Å². The van der Waals surface area contributed by atoms with Crippen LogP contribution in [0.25, 0.3) is 0 Å². The van der Waals surface area contributed by atoms with E-state index in [0.29, 0.717) is 17.8 Å². The summed E-state index contributed by atoms with van der Waals surface area (Å²) < 4.78 is 0. The van der Waals surface area contributed by atoms with Crippen LogP contribution in [0.4, 0.5) is 5.69 Å². The summed E-state index contributed by atoms with van der Waals surface area (Å²) in [4.78, 5) is 39.9. The number of imide groups is 1. The second-order valence-electron chi connectivity index (χ2n) is 8.68. The first kappa shape index (κ1) is 18.3. The molecule has 2 bridgehead atoms. The number of anilines is 1. The number of carbonyl (C=O) groups excluding carboxylic acids is 3. The molecule has 4 atom stereocenters. The molecule has 1 N–H and O–H groups in total. The second kappa shape index (κ2) is 7.29. The molecular weight excluding hydrogens is 364 g/mol. The predicted octanol–water partition coefficient (Wildman–Crippen LogP) is 3.62. The molecule has 1 aliphatic heterocycles. The molecule has 150 valence electrons. The van der Waals surface area contributed by atoms with Crippen LogP contribution in [0.15, 0.2) is 48.1 Å². The number of amides is 3. The summed E-state index contributed by atoms with van der Waals surface area (Å²) in [5, 5.41) is 2.97. The molecule has 3 aliphatic carbocycles. The van der Waals surface area contributed by atoms with Crippen LogP contribution in [0.2, 0.25) is 0 Å². The molecule has 1 heterocycles. The van der Waals surface area contributed by atoms with Crippen LogP contribution in [0.5, 0.6) is 0 Å². The van der Waals surface area contributed by atoms with Gasteiger partial charge in [0.2, 0.25) is 11.8 Å². The number of hydrogen-bond donors (Lipinski definition) is 1. The Morgan fingerprint density at radius 3 is 2.52 bits per heavy atom. The van der Waals surface area contributed by atoms with E-state index in [2.05, 4.69) is 23.5 Å². The minimum Gasteiger partial charge on any atom is -0.352 e. The third-order valence-corrected chi connectivity index (χ3v) is 6.95. The molecule has 0 spiro atoms. The Morgan fingerprint density at radius 1 is 1.07 bits per heavy atom. The van der Waals surface area contributed by atoms with Gasteiger partial charge in [-0.1, -0.05) is 29.9 Å². The Bertz CT molecular complexity index is 902. The zero-order chi connectivity index (χ0) is 20.0. The molecule has 1 saturated heterocycles. The van der Waals surface area contributed by atoms with Crippen molar-refractivity contribution in [1.82, 2.24) is 5.32 Å². The van der Waals surface area contributed by atoms with Gasteiger partial charge in [-0.05, 0) is 68.6 Å². The van der Waals surface area contributed by atoms with Gasteiger partial charge in [-0.25, -0.2) is 4.90 Å². The van der Waals surface area contributed by atoms with Crippen molar-refractivity contribution in [3.05, 3.63) is 53.6 Å². The van der Waals surface area contributed by atoms with E-state index < -0.39 is 0 Å². The zero-order valence-corrected chi connectivity index (χ0v) is 16.5. The summed E-state index contributed by atoms with van der Waals surface area (Å²) in [6.07, 6.45) is 13.0. The van der Waals surface area contributed by atoms with Gasteiger partial charge in [0, 0.05) is 12.1 Å². The molecule has 0 aromatic heterocycles. The Morgan fingerprint density at radius 2 is 1.83 bits per heavy atom. The van der Waals surface area contributed by atoms with E-state index in [9.17, 15) is 14.4 Å². The Kier molecular flexibility index (Phi) is 4.61. The standard InChI is InChI=1S/C24H26N2O3/c27-22(25-12-11-15-5-2-1-3-6-15)18-7-4-8-19(14-18)26-23(28)20-16-9-10-17(13-16)21(20)24(26)29/h4-5,7-10,14,16-17,20-21H,1-3,6,11-13H2,(H,25,27)/t16-,17-,20+,21+/m0/s1. The van der Waals surface area contributed by atoms with E-state index in [0.717, 1.165) is 25.7 Å². The van der Waals surface area contributed by atoms with Crippen molar-refractivity contribution < 1.29 is 14.4 Å². The minimum absolute atomic E-state index is 0.112. The second-order valence-corrected chi connectivity index (χ2v) is 8.68. The number of benzene rings is 1. The largest absolute Gasteiger partial charge is 0.352 e. The predicted molar refractivity (Wildman–Crippen MR) is 110 cm³/mol. The first-order valence-electron chi connectivity index (χ1n) is 10.8. The van der Waals surface area contributed by atoms with Crippen LogP contribution in [-0.2, 0) is 9.59 Å². The average Bonchev–Trinajstić information content (AvgIpc) is 3.42. The molecule has 29 heavy (non-hydrogen) atoms. The van der Waals surface area contributed by atoms with Gasteiger partial charge in [0.15, 0.2) is 0 Å². The molecule has 5 heteroatoms. The first-order chi connectivity index (χ1) is 14.1. The van der Waals surface area contributed by atoms with Gasteiger partial charge in [0.1, 0.15) is 0 Å². The lowest BCUT2D eigenvalue weighted by atomic mass is 9.85. The molecule has 0 unspecified atom stereocenters. The van der Waals surface area contributed by atoms with Crippen molar-refractivity contribution in [3.8, 4) is 0 Å². The molecule has 3 amide bonds. The van der Waals surface area contributed by atoms with Gasteiger partial charge in [0.05, 0.1) is 17.5 Å². The Labute approximate surface area is 170 Å². The molecule has 1 aromatic rings. The van der Waals surface area contributed by atoms with Crippen molar-refractivity contribution in [2.24, 2.45) is 23.7 Å². The summed E-state index contributed by atoms with van der Waals surface area (Å²) in [6.45, 7) is 0.607. The maximum absolute atomic E-state index is 13.0. The van der Waals surface area contributed by atoms with E-state index in [1.807, 2.05) is 0 Å². The number of nitrogens with zero attached hydrogens (tertiary/aromatic N) is 1. The third-order valence-electron chi connectivity index (χ3n) is 6.95. The van der Waals surface area contributed by atoms with Gasteiger partial charge in [0.25, 0.3) is 5.91 Å². The number of hydrogen-bond acceptors (Lipinski definition) is 3. The third kappa shape index (κ3) is 3.13. The number of allylic oxidation sites excluding steroid dienone is 3. The molecule has 1 aromatic carbocycles. The Balaban J connectivity index is 1.27. The van der Waals surface area contributed by atoms with Crippen LogP contribution in [0.3, 0.4) is 0 Å². The zero-order valence-electron chi connectivity index (χ0n) is 16.5. The maximum Gasteiger partial charge on any atom is 0.251 e. The highest BCUT2D eigenvalue weighted by Crippen LogP contribution is 2.53. The van der Waals surface area contributed by atoms with Crippen molar-refractivity contribution in [3.63, 3.8) is 0 Å². The van der Waals surface area contributed by atoms with Gasteiger partial charge in [-0.15, -0.1) is 0 Å². The number of carbonyl (C=O) groups is 3. The highest BCUT2D eigenvalue weighted by molar-refractivity contribution is 6.23. The summed E-state index contributed by atoms with van der Waals surface area (Å²) in [5.41, 5.74) is 2.42. The molecule has 5 nitrogen and oxygen atoms in total. The lowest BCUT2D eigenvalue weighted by Gasteiger charge is -2.18. The highest BCUT2D eigenvalue weighted by Gasteiger charge is 2.59. The molecule has 4 aliphatic rings. The average molecular weight is 390 g/mol. The maximum atomic E-state index is 13.0. The highest BCUT2D eigenvalue weighted by atomic mass is 16.2. The summed E-state index contributed by atoms with van der Waals surface area (Å²) >= 11 is 0. The van der Waals surface area contributed by atoms with Crippen molar-refractivity contribution >= 4 is 23.4 Å². The fraction of sp³-hybridized carbons (Fsp3) is 0.458. The van der Waals surface area contributed by atoms with E-state index in [4.69, 9.17) is 0 Å². The van der Waals surface area contributed by atoms with Crippen molar-refractivity contribution in [1.29, 1.82) is 0 Å². The van der Waals surface area contributed by atoms with E-state index in [-0.39, 0.29) is 41.4 Å². The van der Waals surface area contributed by atoms with E-state index in [1.54, 1.807) is 24.3 Å². The van der Waals surface area contributed by atoms with Gasteiger partial charge >= 0.3 is 0 Å². The monoisotopic (exact) mass is 390 g/mol. The quantitative estimate of drug-likeness (QED) is 0.617. The minimum atomic E-state index is -0.223. The van der Waals surface area contributed by atoms with Crippen molar-refractivity contribution in [2.45, 2.75) is 38.5 Å². The van der Waals surface area contributed by atoms with Crippen LogP contribution in [-0.4, -0.2) is 24.3 Å². The summed E-state index contributed by atoms with van der Waals surface area (Å²) in [7, 11) is 0. The fourth-order valence-corrected chi connectivity index (χ4v) is 5.51. The molecular formula is C24H26N2O3. The van der Waals surface area contributed by atoms with Gasteiger partial charge in [-0.3, -0.25) is 14.4 Å². The van der Waals surface area contributed by atoms with Gasteiger partial charge < -0.3 is 5.32 Å². The first-order valence-corrected chi connectivity index (χ1v) is 10.8. The molecule has 0 radical (unpaired) electrons. The van der Waals surface area contributed by atoms with Crippen LogP contribution in [0, 0.1) is 23.7 Å². The van der Waals surface area contributed by atoms with Crippen LogP contribution < -0.4 is 10.2 Å². The van der Waals surface area contributed by atoms with Gasteiger partial charge in [-0.2, -0.15) is 0 Å². The summed E-state index contributed by atoms with van der Waals surface area (Å²) in [6, 6.07) is 6.89. The van der Waals surface area contributed by atoms with E-state index in [1.165, 1.54) is 23.3 Å². The SMILES string of the molecule is O=C(NCCC1=CCCCC1)c1cccc(N2C(=O)[C@H]3[C@H](C2=O)[C@H]2C=C[C@H]3C2)c1. The molecule has 5 rings (SSSR count). The number of rotatable bonds is 5. The lowest BCUT2D eigenvalue weighted by Crippen LogP contribution is -2.33. The Hall–Kier alpha value is -2.69. The molecule has 1 saturated carbocycles. The van der Waals surface area contributed by atoms with Crippen LogP contribution in [0.1, 0.15) is 48.9 Å². The normalized spacial score (nSPS) is 29.9. The fourth-order valence-electron chi connectivity index (χ4n) is 5.51.